The summed E-state index contributed by atoms with van der Waals surface area (Å²) in [5.41, 5.74) is 11.1. The largest absolute Gasteiger partial charge is 0.500 e. The quantitative estimate of drug-likeness (QED) is 0.389. The molecule has 0 aliphatic carbocycles. The Hall–Kier alpha value is 0.114. The Kier molecular flexibility index (Phi) is 22.6. The van der Waals surface area contributed by atoms with E-state index in [9.17, 15) is 0 Å². The first-order valence-corrected chi connectivity index (χ1v) is 13.1. The van der Waals surface area contributed by atoms with E-state index in [1.807, 2.05) is 20.8 Å². The predicted molar refractivity (Wildman–Crippen MR) is 116 cm³/mol. The third-order valence-corrected chi connectivity index (χ3v) is 7.48. The molecule has 0 aromatic rings. The molecule has 0 aromatic heterocycles. The van der Waals surface area contributed by atoms with E-state index in [1.54, 1.807) is 14.2 Å². The highest BCUT2D eigenvalue weighted by Gasteiger charge is 2.39. The van der Waals surface area contributed by atoms with Gasteiger partial charge in [0.2, 0.25) is 0 Å². The van der Waals surface area contributed by atoms with Gasteiger partial charge in [0.1, 0.15) is 0 Å². The molecule has 0 spiro atoms. The molecule has 10 heteroatoms. The van der Waals surface area contributed by atoms with Crippen LogP contribution < -0.4 is 16.8 Å². The summed E-state index contributed by atoms with van der Waals surface area (Å²) in [6.45, 7) is 12.8. The Morgan fingerprint density at radius 3 is 1.81 bits per heavy atom. The Morgan fingerprint density at radius 1 is 1.07 bits per heavy atom. The third-order valence-electron chi connectivity index (χ3n) is 3.86. The van der Waals surface area contributed by atoms with E-state index in [0.29, 0.717) is 32.4 Å². The lowest BCUT2D eigenvalue weighted by atomic mass is 10.0. The van der Waals surface area contributed by atoms with Crippen LogP contribution in [0.3, 0.4) is 0 Å². The van der Waals surface area contributed by atoms with Crippen molar-refractivity contribution < 1.29 is 22.1 Å². The molecule has 1 aliphatic rings. The first-order valence-electron chi connectivity index (χ1n) is 10.0. The lowest BCUT2D eigenvalue weighted by Gasteiger charge is -2.28. The predicted octanol–water partition coefficient (Wildman–Crippen LogP) is 0.605. The van der Waals surface area contributed by atoms with Gasteiger partial charge in [0, 0.05) is 46.1 Å². The SMILES string of the molecule is CC(N)C1CCNC1.CCO[Si](CCCN)(OCC)OCC.CO[SiH2]OC. The minimum atomic E-state index is -2.40. The lowest BCUT2D eigenvalue weighted by molar-refractivity contribution is 0.0710. The number of hydrogen-bond donors (Lipinski definition) is 3. The van der Waals surface area contributed by atoms with Crippen LogP contribution in [0.2, 0.25) is 6.04 Å². The molecule has 1 fully saturated rings. The van der Waals surface area contributed by atoms with Crippen molar-refractivity contribution in [3.8, 4) is 0 Å². The molecular weight excluding hydrogens is 382 g/mol. The number of hydrogen-bond acceptors (Lipinski definition) is 8. The smallest absolute Gasteiger partial charge is 0.402 e. The average Bonchev–Trinajstić information content (AvgIpc) is 3.18. The maximum absolute atomic E-state index is 5.66. The van der Waals surface area contributed by atoms with Crippen molar-refractivity contribution in [3.63, 3.8) is 0 Å². The van der Waals surface area contributed by atoms with E-state index in [0.717, 1.165) is 31.5 Å². The zero-order valence-electron chi connectivity index (χ0n) is 18.4. The molecule has 0 saturated carbocycles. The number of nitrogens with one attached hydrogen (secondary N) is 1. The van der Waals surface area contributed by atoms with Gasteiger partial charge in [-0.05, 0) is 66.1 Å². The van der Waals surface area contributed by atoms with Crippen molar-refractivity contribution in [1.82, 2.24) is 5.32 Å². The van der Waals surface area contributed by atoms with Gasteiger partial charge >= 0.3 is 18.8 Å². The van der Waals surface area contributed by atoms with Crippen LogP contribution in [0.4, 0.5) is 0 Å². The summed E-state index contributed by atoms with van der Waals surface area (Å²) in [6, 6.07) is 1.20. The van der Waals surface area contributed by atoms with Crippen LogP contribution in [-0.4, -0.2) is 78.5 Å². The van der Waals surface area contributed by atoms with Crippen molar-refractivity contribution in [2.75, 3.05) is 53.7 Å². The van der Waals surface area contributed by atoms with E-state index in [4.69, 9.17) is 24.7 Å². The van der Waals surface area contributed by atoms with Crippen LogP contribution in [0.1, 0.15) is 40.5 Å². The fourth-order valence-electron chi connectivity index (χ4n) is 2.56. The van der Waals surface area contributed by atoms with Crippen molar-refractivity contribution in [3.05, 3.63) is 0 Å². The molecule has 8 nitrogen and oxygen atoms in total. The summed E-state index contributed by atoms with van der Waals surface area (Å²) < 4.78 is 26.2. The fourth-order valence-corrected chi connectivity index (χ4v) is 5.44. The van der Waals surface area contributed by atoms with E-state index < -0.39 is 18.8 Å². The maximum atomic E-state index is 5.66. The highest BCUT2D eigenvalue weighted by Crippen LogP contribution is 2.17. The fraction of sp³-hybridized carbons (Fsp3) is 1.00. The molecular formula is C17H45N3O5Si2. The van der Waals surface area contributed by atoms with E-state index >= 15 is 0 Å². The van der Waals surface area contributed by atoms with Gasteiger partial charge in [-0.15, -0.1) is 0 Å². The highest BCUT2D eigenvalue weighted by atomic mass is 28.4. The highest BCUT2D eigenvalue weighted by molar-refractivity contribution is 6.60. The number of rotatable bonds is 12. The normalized spacial score (nSPS) is 17.6. The Labute approximate surface area is 170 Å². The van der Waals surface area contributed by atoms with E-state index in [2.05, 4.69) is 21.1 Å². The third kappa shape index (κ3) is 16.7. The van der Waals surface area contributed by atoms with Crippen LogP contribution in [0.15, 0.2) is 0 Å². The van der Waals surface area contributed by atoms with Gasteiger partial charge in [0.15, 0.2) is 0 Å². The van der Waals surface area contributed by atoms with E-state index in [1.165, 1.54) is 6.42 Å². The summed E-state index contributed by atoms with van der Waals surface area (Å²) in [7, 11) is 0.333. The molecule has 0 amide bonds. The topological polar surface area (TPSA) is 110 Å². The first kappa shape index (κ1) is 29.3. The molecule has 5 N–H and O–H groups in total. The van der Waals surface area contributed by atoms with Gasteiger partial charge in [-0.25, -0.2) is 0 Å². The summed E-state index contributed by atoms with van der Waals surface area (Å²) >= 11 is 0. The van der Waals surface area contributed by atoms with Gasteiger partial charge in [0.05, 0.1) is 0 Å². The molecule has 166 valence electrons. The molecule has 2 unspecified atom stereocenters. The second kappa shape index (κ2) is 20.8. The van der Waals surface area contributed by atoms with E-state index in [-0.39, 0.29) is 0 Å². The van der Waals surface area contributed by atoms with Gasteiger partial charge in [0.25, 0.3) is 0 Å². The maximum Gasteiger partial charge on any atom is 0.500 e. The Morgan fingerprint density at radius 2 is 1.59 bits per heavy atom. The van der Waals surface area contributed by atoms with Gasteiger partial charge in [-0.2, -0.15) is 0 Å². The summed E-state index contributed by atoms with van der Waals surface area (Å²) in [4.78, 5) is 0. The molecule has 2 atom stereocenters. The van der Waals surface area contributed by atoms with Gasteiger partial charge < -0.3 is 38.9 Å². The molecule has 0 radical (unpaired) electrons. The summed E-state index contributed by atoms with van der Waals surface area (Å²) in [6.07, 6.45) is 2.16. The van der Waals surface area contributed by atoms with Crippen molar-refractivity contribution in [2.24, 2.45) is 17.4 Å². The minimum Gasteiger partial charge on any atom is -0.402 e. The van der Waals surface area contributed by atoms with Gasteiger partial charge in [-0.1, -0.05) is 0 Å². The van der Waals surface area contributed by atoms with Crippen molar-refractivity contribution in [2.45, 2.75) is 52.6 Å². The molecule has 0 bridgehead atoms. The molecule has 1 aliphatic heterocycles. The first-order chi connectivity index (χ1) is 13.0. The van der Waals surface area contributed by atoms with Gasteiger partial charge in [-0.3, -0.25) is 0 Å². The Balaban J connectivity index is 0. The van der Waals surface area contributed by atoms with Crippen LogP contribution in [-0.2, 0) is 22.1 Å². The van der Waals surface area contributed by atoms with Crippen molar-refractivity contribution in [1.29, 1.82) is 0 Å². The molecule has 27 heavy (non-hydrogen) atoms. The summed E-state index contributed by atoms with van der Waals surface area (Å²) in [5, 5.41) is 3.27. The summed E-state index contributed by atoms with van der Waals surface area (Å²) in [5.74, 6) is 0.731. The van der Waals surface area contributed by atoms with Crippen LogP contribution in [0.25, 0.3) is 0 Å². The van der Waals surface area contributed by atoms with Crippen LogP contribution in [0, 0.1) is 5.92 Å². The molecule has 1 rings (SSSR count). The molecule has 1 heterocycles. The number of nitrogens with two attached hydrogens (primary N) is 2. The second-order valence-electron chi connectivity index (χ2n) is 6.18. The average molecular weight is 428 g/mol. The molecule has 0 aromatic carbocycles. The monoisotopic (exact) mass is 427 g/mol. The van der Waals surface area contributed by atoms with Crippen molar-refractivity contribution >= 4 is 18.8 Å². The second-order valence-corrected chi connectivity index (χ2v) is 10.3. The zero-order chi connectivity index (χ0) is 21.0. The van der Waals surface area contributed by atoms with Crippen LogP contribution >= 0.6 is 0 Å². The zero-order valence-corrected chi connectivity index (χ0v) is 20.8. The standard InChI is InChI=1S/C9H23NO3Si.C6H14N2.C2H8O2Si/c1-4-11-14(12-5-2,13-6-3)9-7-8-10;1-5(7)6-2-3-8-4-6;1-3-5-4-2/h4-10H2,1-3H3;5-6,8H,2-4,7H2,1H3;5H2,1-2H3. The molecule has 1 saturated heterocycles. The van der Waals surface area contributed by atoms with Crippen LogP contribution in [0.5, 0.6) is 0 Å². The lowest BCUT2D eigenvalue weighted by Crippen LogP contribution is -2.46. The Bertz CT molecular complexity index is 281. The minimum absolute atomic E-state index is 0.380.